The molecular formula is C11H20OSi. The molecule has 1 rings (SSSR count). The first-order valence-electron chi connectivity index (χ1n) is 4.90. The second kappa shape index (κ2) is 3.70. The fraction of sp³-hybridized carbons (Fsp3) is 0.636. The zero-order chi connectivity index (χ0) is 10.1. The Morgan fingerprint density at radius 2 is 1.92 bits per heavy atom. The SMILES string of the molecule is CC1=C(C)C(O[SiH2]C(C)(C)C)=CC1. The lowest BCUT2D eigenvalue weighted by molar-refractivity contribution is 0.438. The second-order valence-electron chi connectivity index (χ2n) is 5.03. The van der Waals surface area contributed by atoms with E-state index < -0.39 is 9.76 Å². The molecule has 74 valence electrons. The van der Waals surface area contributed by atoms with Crippen molar-refractivity contribution in [3.05, 3.63) is 23.0 Å². The molecule has 0 spiro atoms. The van der Waals surface area contributed by atoms with Gasteiger partial charge >= 0.3 is 0 Å². The lowest BCUT2D eigenvalue weighted by atomic mass is 10.2. The van der Waals surface area contributed by atoms with Crippen LogP contribution in [0.4, 0.5) is 0 Å². The molecule has 0 aromatic carbocycles. The van der Waals surface area contributed by atoms with E-state index in [1.807, 2.05) is 0 Å². The van der Waals surface area contributed by atoms with Crippen molar-refractivity contribution in [1.82, 2.24) is 0 Å². The van der Waals surface area contributed by atoms with Gasteiger partial charge in [-0.3, -0.25) is 0 Å². The van der Waals surface area contributed by atoms with Gasteiger partial charge in [-0.25, -0.2) is 0 Å². The largest absolute Gasteiger partial charge is 0.549 e. The standard InChI is InChI=1S/C11H20OSi/c1-8-6-7-10(9(8)2)12-13-11(3,4)5/h7H,6,13H2,1-5H3. The quantitative estimate of drug-likeness (QED) is 0.617. The van der Waals surface area contributed by atoms with E-state index in [9.17, 15) is 0 Å². The summed E-state index contributed by atoms with van der Waals surface area (Å²) in [5.74, 6) is 1.15. The molecule has 0 saturated heterocycles. The van der Waals surface area contributed by atoms with Crippen molar-refractivity contribution in [3.63, 3.8) is 0 Å². The van der Waals surface area contributed by atoms with Crippen molar-refractivity contribution >= 4 is 9.76 Å². The average Bonchev–Trinajstić information content (AvgIpc) is 2.29. The van der Waals surface area contributed by atoms with Crippen LogP contribution in [0.25, 0.3) is 0 Å². The summed E-state index contributed by atoms with van der Waals surface area (Å²) < 4.78 is 5.89. The number of hydrogen-bond donors (Lipinski definition) is 0. The fourth-order valence-corrected chi connectivity index (χ4v) is 2.15. The first kappa shape index (κ1) is 10.6. The van der Waals surface area contributed by atoms with Crippen molar-refractivity contribution in [2.45, 2.75) is 46.1 Å². The Hall–Kier alpha value is -0.503. The van der Waals surface area contributed by atoms with E-state index in [2.05, 4.69) is 40.7 Å². The minimum Gasteiger partial charge on any atom is -0.549 e. The molecule has 0 aromatic rings. The molecule has 0 atom stereocenters. The predicted molar refractivity (Wildman–Crippen MR) is 60.4 cm³/mol. The van der Waals surface area contributed by atoms with Crippen LogP contribution in [0.5, 0.6) is 0 Å². The molecule has 0 N–H and O–H groups in total. The molecule has 1 aliphatic rings. The summed E-state index contributed by atoms with van der Waals surface area (Å²) in [7, 11) is -0.437. The number of hydrogen-bond acceptors (Lipinski definition) is 1. The average molecular weight is 196 g/mol. The molecule has 0 heterocycles. The van der Waals surface area contributed by atoms with Crippen LogP contribution in [0.1, 0.15) is 41.0 Å². The van der Waals surface area contributed by atoms with Crippen LogP contribution < -0.4 is 0 Å². The fourth-order valence-electron chi connectivity index (χ4n) is 1.22. The van der Waals surface area contributed by atoms with Crippen molar-refractivity contribution in [1.29, 1.82) is 0 Å². The zero-order valence-electron chi connectivity index (χ0n) is 9.40. The lowest BCUT2D eigenvalue weighted by Gasteiger charge is -2.19. The third-order valence-electron chi connectivity index (χ3n) is 2.26. The van der Waals surface area contributed by atoms with Gasteiger partial charge in [0.1, 0.15) is 5.76 Å². The minimum atomic E-state index is -0.437. The van der Waals surface area contributed by atoms with E-state index in [1.165, 1.54) is 11.1 Å². The van der Waals surface area contributed by atoms with Crippen molar-refractivity contribution in [2.24, 2.45) is 0 Å². The van der Waals surface area contributed by atoms with E-state index in [-0.39, 0.29) is 0 Å². The Labute approximate surface area is 83.8 Å². The molecule has 0 fully saturated rings. The molecule has 0 saturated carbocycles. The van der Waals surface area contributed by atoms with Crippen molar-refractivity contribution in [3.8, 4) is 0 Å². The van der Waals surface area contributed by atoms with Gasteiger partial charge in [-0.1, -0.05) is 26.3 Å². The minimum absolute atomic E-state index is 0.387. The lowest BCUT2D eigenvalue weighted by Crippen LogP contribution is -2.12. The van der Waals surface area contributed by atoms with E-state index >= 15 is 0 Å². The third-order valence-corrected chi connectivity index (χ3v) is 3.59. The summed E-state index contributed by atoms with van der Waals surface area (Å²) in [6.07, 6.45) is 3.29. The van der Waals surface area contributed by atoms with Gasteiger partial charge < -0.3 is 4.43 Å². The van der Waals surface area contributed by atoms with Crippen LogP contribution in [0, 0.1) is 0 Å². The predicted octanol–water partition coefficient (Wildman–Crippen LogP) is 2.93. The molecular weight excluding hydrogens is 176 g/mol. The van der Waals surface area contributed by atoms with Crippen LogP contribution in [-0.4, -0.2) is 9.76 Å². The van der Waals surface area contributed by atoms with E-state index in [1.54, 1.807) is 0 Å². The maximum Gasteiger partial charge on any atom is 0.224 e. The monoisotopic (exact) mass is 196 g/mol. The van der Waals surface area contributed by atoms with Gasteiger partial charge in [0.05, 0.1) is 0 Å². The van der Waals surface area contributed by atoms with Crippen LogP contribution in [0.2, 0.25) is 5.04 Å². The Bertz CT molecular complexity index is 256. The molecule has 13 heavy (non-hydrogen) atoms. The Morgan fingerprint density at radius 1 is 1.31 bits per heavy atom. The summed E-state index contributed by atoms with van der Waals surface area (Å²) in [5, 5.41) is 0.387. The van der Waals surface area contributed by atoms with Gasteiger partial charge in [0.25, 0.3) is 0 Å². The summed E-state index contributed by atoms with van der Waals surface area (Å²) in [6.45, 7) is 11.1. The highest BCUT2D eigenvalue weighted by Gasteiger charge is 2.16. The van der Waals surface area contributed by atoms with E-state index in [0.717, 1.165) is 12.2 Å². The smallest absolute Gasteiger partial charge is 0.224 e. The summed E-state index contributed by atoms with van der Waals surface area (Å²) >= 11 is 0. The van der Waals surface area contributed by atoms with Gasteiger partial charge in [0.2, 0.25) is 9.76 Å². The zero-order valence-corrected chi connectivity index (χ0v) is 10.8. The molecule has 0 aliphatic heterocycles. The molecule has 0 amide bonds. The van der Waals surface area contributed by atoms with Crippen molar-refractivity contribution < 1.29 is 4.43 Å². The van der Waals surface area contributed by atoms with Gasteiger partial charge in [-0.2, -0.15) is 0 Å². The number of rotatable bonds is 2. The Balaban J connectivity index is 2.49. The molecule has 1 nitrogen and oxygen atoms in total. The normalized spacial score (nSPS) is 18.7. The topological polar surface area (TPSA) is 9.23 Å². The van der Waals surface area contributed by atoms with Crippen LogP contribution >= 0.6 is 0 Å². The highest BCUT2D eigenvalue weighted by Crippen LogP contribution is 2.28. The van der Waals surface area contributed by atoms with Crippen LogP contribution in [0.15, 0.2) is 23.0 Å². The van der Waals surface area contributed by atoms with E-state index in [4.69, 9.17) is 4.43 Å². The highest BCUT2D eigenvalue weighted by molar-refractivity contribution is 6.32. The summed E-state index contributed by atoms with van der Waals surface area (Å²) in [4.78, 5) is 0. The molecule has 0 unspecified atom stereocenters. The Morgan fingerprint density at radius 3 is 2.31 bits per heavy atom. The molecule has 1 aliphatic carbocycles. The van der Waals surface area contributed by atoms with Gasteiger partial charge in [-0.05, 0) is 37.0 Å². The first-order chi connectivity index (χ1) is 5.90. The maximum absolute atomic E-state index is 5.89. The summed E-state index contributed by atoms with van der Waals surface area (Å²) in [5.41, 5.74) is 2.81. The van der Waals surface area contributed by atoms with Crippen LogP contribution in [-0.2, 0) is 4.43 Å². The Kier molecular flexibility index (Phi) is 3.01. The molecule has 2 heteroatoms. The first-order valence-corrected chi connectivity index (χ1v) is 6.18. The third kappa shape index (κ3) is 3.03. The second-order valence-corrected chi connectivity index (χ2v) is 7.73. The van der Waals surface area contributed by atoms with Crippen molar-refractivity contribution in [2.75, 3.05) is 0 Å². The van der Waals surface area contributed by atoms with Gasteiger partial charge in [-0.15, -0.1) is 0 Å². The van der Waals surface area contributed by atoms with E-state index in [0.29, 0.717) is 5.04 Å². The summed E-state index contributed by atoms with van der Waals surface area (Å²) in [6, 6.07) is 0. The molecule has 0 radical (unpaired) electrons. The number of allylic oxidation sites excluding steroid dienone is 3. The molecule has 0 aromatic heterocycles. The van der Waals surface area contributed by atoms with Gasteiger partial charge in [0, 0.05) is 0 Å². The maximum atomic E-state index is 5.89. The van der Waals surface area contributed by atoms with Crippen LogP contribution in [0.3, 0.4) is 0 Å². The molecule has 0 bridgehead atoms. The van der Waals surface area contributed by atoms with Gasteiger partial charge in [0.15, 0.2) is 0 Å². The highest BCUT2D eigenvalue weighted by atomic mass is 28.2.